The standard InChI is InChI=1S/C17H18BrClN2O.C17H17BrN2O/c18-15-6-8-16(9-7-15)21(13-11-19)17(22)20-12-10-14-4-2-1-3-5-14;18-15-6-8-16(9-7-15)20-13-12-19(17(20)21)11-10-14-4-2-1-3-5-14/h1-9H,10-13H2,(H,20,22);1-9H,10-13H2. The van der Waals surface area contributed by atoms with E-state index >= 15 is 0 Å². The van der Waals surface area contributed by atoms with Gasteiger partial charge in [-0.2, -0.15) is 0 Å². The van der Waals surface area contributed by atoms with E-state index in [1.165, 1.54) is 11.1 Å². The molecule has 1 fully saturated rings. The second kappa shape index (κ2) is 17.1. The van der Waals surface area contributed by atoms with Crippen molar-refractivity contribution in [2.75, 3.05) is 48.4 Å². The van der Waals surface area contributed by atoms with Gasteiger partial charge in [0.2, 0.25) is 0 Å². The molecule has 0 atom stereocenters. The first-order valence-electron chi connectivity index (χ1n) is 14.2. The molecular weight excluding hydrogens is 692 g/mol. The Balaban J connectivity index is 0.000000197. The third-order valence-electron chi connectivity index (χ3n) is 6.97. The fourth-order valence-corrected chi connectivity index (χ4v) is 5.36. The molecule has 224 valence electrons. The summed E-state index contributed by atoms with van der Waals surface area (Å²) in [6.45, 7) is 3.39. The molecule has 5 rings (SSSR count). The fourth-order valence-electron chi connectivity index (χ4n) is 4.67. The maximum atomic E-state index is 12.5. The van der Waals surface area contributed by atoms with E-state index in [-0.39, 0.29) is 12.1 Å². The van der Waals surface area contributed by atoms with E-state index in [4.69, 9.17) is 11.6 Å². The highest BCUT2D eigenvalue weighted by Gasteiger charge is 2.29. The Morgan fingerprint density at radius 3 is 1.91 bits per heavy atom. The molecule has 0 aromatic heterocycles. The Morgan fingerprint density at radius 1 is 0.767 bits per heavy atom. The van der Waals surface area contributed by atoms with Gasteiger partial charge in [-0.05, 0) is 72.5 Å². The van der Waals surface area contributed by atoms with Crippen LogP contribution in [0.15, 0.2) is 118 Å². The number of nitrogens with zero attached hydrogens (tertiary/aromatic N) is 3. The zero-order valence-corrected chi connectivity index (χ0v) is 27.8. The molecule has 4 amide bonds. The highest BCUT2D eigenvalue weighted by Crippen LogP contribution is 2.23. The number of carbonyl (C=O) groups excluding carboxylic acids is 2. The number of alkyl halides is 1. The summed E-state index contributed by atoms with van der Waals surface area (Å²) >= 11 is 12.6. The lowest BCUT2D eigenvalue weighted by Crippen LogP contribution is -2.42. The number of benzene rings is 4. The molecule has 6 nitrogen and oxygen atoms in total. The average molecular weight is 727 g/mol. The molecule has 0 unspecified atom stereocenters. The van der Waals surface area contributed by atoms with Crippen molar-refractivity contribution in [1.82, 2.24) is 10.2 Å². The minimum atomic E-state index is -0.126. The molecule has 0 aliphatic carbocycles. The van der Waals surface area contributed by atoms with Gasteiger partial charge < -0.3 is 10.2 Å². The van der Waals surface area contributed by atoms with Gasteiger partial charge in [0.05, 0.1) is 0 Å². The second-order valence-electron chi connectivity index (χ2n) is 9.92. The van der Waals surface area contributed by atoms with Crippen LogP contribution in [-0.4, -0.2) is 55.6 Å². The van der Waals surface area contributed by atoms with Crippen LogP contribution < -0.4 is 15.1 Å². The number of rotatable bonds is 10. The van der Waals surface area contributed by atoms with Crippen LogP contribution >= 0.6 is 43.5 Å². The van der Waals surface area contributed by atoms with Crippen LogP contribution in [0.1, 0.15) is 11.1 Å². The maximum absolute atomic E-state index is 12.5. The van der Waals surface area contributed by atoms with Crippen molar-refractivity contribution in [2.24, 2.45) is 0 Å². The lowest BCUT2D eigenvalue weighted by molar-refractivity contribution is 0.221. The summed E-state index contributed by atoms with van der Waals surface area (Å²) in [5, 5.41) is 2.95. The van der Waals surface area contributed by atoms with Gasteiger partial charge in [-0.25, -0.2) is 9.59 Å². The quantitative estimate of drug-likeness (QED) is 0.167. The maximum Gasteiger partial charge on any atom is 0.324 e. The monoisotopic (exact) mass is 724 g/mol. The number of nitrogens with one attached hydrogen (secondary N) is 1. The summed E-state index contributed by atoms with van der Waals surface area (Å²) in [5.41, 5.74) is 4.27. The van der Waals surface area contributed by atoms with Crippen molar-refractivity contribution >= 4 is 66.9 Å². The van der Waals surface area contributed by atoms with Crippen molar-refractivity contribution in [3.05, 3.63) is 129 Å². The van der Waals surface area contributed by atoms with Crippen molar-refractivity contribution in [1.29, 1.82) is 0 Å². The molecule has 0 bridgehead atoms. The lowest BCUT2D eigenvalue weighted by atomic mass is 10.1. The summed E-state index contributed by atoms with van der Waals surface area (Å²) in [7, 11) is 0. The van der Waals surface area contributed by atoms with E-state index in [0.29, 0.717) is 19.0 Å². The van der Waals surface area contributed by atoms with Crippen molar-refractivity contribution in [2.45, 2.75) is 12.8 Å². The topological polar surface area (TPSA) is 55.9 Å². The Labute approximate surface area is 275 Å². The van der Waals surface area contributed by atoms with Gasteiger partial charge in [0.1, 0.15) is 0 Å². The molecule has 9 heteroatoms. The fraction of sp³-hybridized carbons (Fsp3) is 0.235. The highest BCUT2D eigenvalue weighted by molar-refractivity contribution is 9.10. The van der Waals surface area contributed by atoms with Gasteiger partial charge in [0.25, 0.3) is 0 Å². The molecular formula is C34H35Br2ClN4O2. The first kappa shape index (κ1) is 32.6. The molecule has 1 heterocycles. The lowest BCUT2D eigenvalue weighted by Gasteiger charge is -2.22. The average Bonchev–Trinajstić information content (AvgIpc) is 3.41. The van der Waals surface area contributed by atoms with E-state index in [2.05, 4.69) is 61.4 Å². The number of hydrogen-bond acceptors (Lipinski definition) is 2. The Morgan fingerprint density at radius 2 is 1.33 bits per heavy atom. The zero-order valence-electron chi connectivity index (χ0n) is 23.8. The first-order valence-corrected chi connectivity index (χ1v) is 16.3. The summed E-state index contributed by atoms with van der Waals surface area (Å²) in [5.74, 6) is 0.391. The molecule has 1 N–H and O–H groups in total. The Kier molecular flexibility index (Phi) is 12.9. The molecule has 0 spiro atoms. The smallest absolute Gasteiger partial charge is 0.324 e. The molecule has 1 saturated heterocycles. The van der Waals surface area contributed by atoms with E-state index in [0.717, 1.165) is 52.8 Å². The minimum absolute atomic E-state index is 0.105. The van der Waals surface area contributed by atoms with Gasteiger partial charge in [-0.1, -0.05) is 92.5 Å². The SMILES string of the molecule is O=C(NCCc1ccccc1)N(CCCl)c1ccc(Br)cc1.O=C1N(CCc2ccccc2)CCN1c1ccc(Br)cc1. The largest absolute Gasteiger partial charge is 0.337 e. The number of amides is 4. The number of carbonyl (C=O) groups is 2. The summed E-state index contributed by atoms with van der Waals surface area (Å²) in [4.78, 5) is 30.2. The van der Waals surface area contributed by atoms with Crippen molar-refractivity contribution in [3.8, 4) is 0 Å². The van der Waals surface area contributed by atoms with Gasteiger partial charge in [0, 0.05) is 58.9 Å². The molecule has 1 aliphatic rings. The van der Waals surface area contributed by atoms with Crippen molar-refractivity contribution < 1.29 is 9.59 Å². The third-order valence-corrected chi connectivity index (χ3v) is 8.20. The zero-order chi connectivity index (χ0) is 30.4. The van der Waals surface area contributed by atoms with Gasteiger partial charge in [0.15, 0.2) is 0 Å². The number of urea groups is 2. The van der Waals surface area contributed by atoms with Crippen molar-refractivity contribution in [3.63, 3.8) is 0 Å². The molecule has 0 radical (unpaired) electrons. The normalized spacial score (nSPS) is 12.5. The molecule has 43 heavy (non-hydrogen) atoms. The first-order chi connectivity index (χ1) is 20.9. The second-order valence-corrected chi connectivity index (χ2v) is 12.1. The Hall–Kier alpha value is -3.33. The van der Waals surface area contributed by atoms with Crippen LogP contribution in [0.4, 0.5) is 21.0 Å². The molecule has 4 aromatic rings. The predicted octanol–water partition coefficient (Wildman–Crippen LogP) is 8.38. The molecule has 0 saturated carbocycles. The van der Waals surface area contributed by atoms with Crippen LogP contribution in [0.3, 0.4) is 0 Å². The molecule has 4 aromatic carbocycles. The Bertz CT molecular complexity index is 1420. The van der Waals surface area contributed by atoms with Crippen LogP contribution in [0.25, 0.3) is 0 Å². The number of hydrogen-bond donors (Lipinski definition) is 1. The van der Waals surface area contributed by atoms with E-state index in [1.807, 2.05) is 94.7 Å². The van der Waals surface area contributed by atoms with Crippen LogP contribution in [0.5, 0.6) is 0 Å². The summed E-state index contributed by atoms with van der Waals surface area (Å²) in [6, 6.07) is 35.9. The van der Waals surface area contributed by atoms with Crippen LogP contribution in [0, 0.1) is 0 Å². The summed E-state index contributed by atoms with van der Waals surface area (Å²) < 4.78 is 2.00. The predicted molar refractivity (Wildman–Crippen MR) is 184 cm³/mol. The van der Waals surface area contributed by atoms with E-state index < -0.39 is 0 Å². The molecule has 1 aliphatic heterocycles. The van der Waals surface area contributed by atoms with E-state index in [1.54, 1.807) is 4.90 Å². The van der Waals surface area contributed by atoms with Gasteiger partial charge in [-0.15, -0.1) is 11.6 Å². The minimum Gasteiger partial charge on any atom is -0.337 e. The van der Waals surface area contributed by atoms with E-state index in [9.17, 15) is 9.59 Å². The van der Waals surface area contributed by atoms with Gasteiger partial charge in [-0.3, -0.25) is 9.80 Å². The number of anilines is 2. The number of halogens is 3. The van der Waals surface area contributed by atoms with Crippen LogP contribution in [-0.2, 0) is 12.8 Å². The summed E-state index contributed by atoms with van der Waals surface area (Å²) in [6.07, 6.45) is 1.71. The van der Waals surface area contributed by atoms with Gasteiger partial charge >= 0.3 is 12.1 Å². The van der Waals surface area contributed by atoms with Crippen LogP contribution in [0.2, 0.25) is 0 Å². The highest BCUT2D eigenvalue weighted by atomic mass is 79.9. The third kappa shape index (κ3) is 10.1.